The maximum atomic E-state index is 12.8. The molecule has 1 unspecified atom stereocenters. The summed E-state index contributed by atoms with van der Waals surface area (Å²) in [5.41, 5.74) is 0.166. The predicted octanol–water partition coefficient (Wildman–Crippen LogP) is 3.51. The summed E-state index contributed by atoms with van der Waals surface area (Å²) in [5.74, 6) is -1.10. The molecule has 0 radical (unpaired) electrons. The number of esters is 1. The van der Waals surface area contributed by atoms with Gasteiger partial charge in [-0.3, -0.25) is 4.79 Å². The molecule has 0 saturated heterocycles. The average Bonchev–Trinajstić information content (AvgIpc) is 2.70. The summed E-state index contributed by atoms with van der Waals surface area (Å²) in [6.07, 6.45) is 1.21. The van der Waals surface area contributed by atoms with Crippen molar-refractivity contribution in [3.05, 3.63) is 60.7 Å². The lowest BCUT2D eigenvalue weighted by Crippen LogP contribution is -2.53. The molecule has 0 aliphatic rings. The molecule has 2 aromatic rings. The van der Waals surface area contributed by atoms with Crippen molar-refractivity contribution in [2.24, 2.45) is 0 Å². The average molecular weight is 427 g/mol. The minimum atomic E-state index is -0.934. The molecular weight excluding hydrogens is 396 g/mol. The third-order valence-corrected chi connectivity index (χ3v) is 4.47. The van der Waals surface area contributed by atoms with Crippen LogP contribution in [0.1, 0.15) is 32.8 Å². The maximum Gasteiger partial charge on any atom is 0.408 e. The maximum absolute atomic E-state index is 12.8. The molecule has 2 aromatic carbocycles. The molecule has 2 rings (SSSR count). The van der Waals surface area contributed by atoms with E-state index in [2.05, 4.69) is 17.2 Å². The fourth-order valence-corrected chi connectivity index (χ4v) is 3.06. The van der Waals surface area contributed by atoms with Crippen molar-refractivity contribution in [1.82, 2.24) is 10.6 Å². The molecule has 0 aromatic heterocycles. The van der Waals surface area contributed by atoms with Gasteiger partial charge in [0, 0.05) is 6.42 Å². The topological polar surface area (TPSA) is 93.7 Å². The van der Waals surface area contributed by atoms with Crippen molar-refractivity contribution in [2.45, 2.75) is 51.3 Å². The Kier molecular flexibility index (Phi) is 8.19. The van der Waals surface area contributed by atoms with Crippen LogP contribution in [0, 0.1) is 0 Å². The van der Waals surface area contributed by atoms with Crippen molar-refractivity contribution in [2.75, 3.05) is 7.11 Å². The molecule has 2 N–H and O–H groups in total. The van der Waals surface area contributed by atoms with Crippen LogP contribution in [0.3, 0.4) is 0 Å². The third-order valence-electron chi connectivity index (χ3n) is 4.47. The van der Waals surface area contributed by atoms with Crippen LogP contribution in [-0.4, -0.2) is 42.8 Å². The molecule has 7 nitrogen and oxygen atoms in total. The summed E-state index contributed by atoms with van der Waals surface area (Å²) in [7, 11) is 1.27. The van der Waals surface area contributed by atoms with E-state index in [0.29, 0.717) is 0 Å². The minimum Gasteiger partial charge on any atom is -0.467 e. The fraction of sp³-hybridized carbons (Fsp3) is 0.375. The largest absolute Gasteiger partial charge is 0.467 e. The molecule has 0 fully saturated rings. The van der Waals surface area contributed by atoms with Gasteiger partial charge in [-0.2, -0.15) is 0 Å². The molecule has 0 heterocycles. The summed E-state index contributed by atoms with van der Waals surface area (Å²) < 4.78 is 10.1. The van der Waals surface area contributed by atoms with E-state index in [1.54, 1.807) is 20.8 Å². The number of benzene rings is 2. The van der Waals surface area contributed by atoms with Crippen molar-refractivity contribution in [3.63, 3.8) is 0 Å². The van der Waals surface area contributed by atoms with Gasteiger partial charge in [-0.15, -0.1) is 6.58 Å². The van der Waals surface area contributed by atoms with Crippen LogP contribution in [0.15, 0.2) is 55.1 Å². The highest BCUT2D eigenvalue weighted by molar-refractivity contribution is 5.90. The molecule has 0 aliphatic carbocycles. The van der Waals surface area contributed by atoms with E-state index in [0.717, 1.165) is 16.3 Å². The molecular formula is C24H30N2O5. The first-order chi connectivity index (χ1) is 14.6. The lowest BCUT2D eigenvalue weighted by atomic mass is 10.0. The first kappa shape index (κ1) is 23.9. The number of methoxy groups -OCH3 is 1. The van der Waals surface area contributed by atoms with Gasteiger partial charge in [0.2, 0.25) is 5.91 Å². The van der Waals surface area contributed by atoms with E-state index in [1.165, 1.54) is 13.2 Å². The zero-order valence-electron chi connectivity index (χ0n) is 18.4. The van der Waals surface area contributed by atoms with E-state index in [9.17, 15) is 14.4 Å². The van der Waals surface area contributed by atoms with Gasteiger partial charge in [-0.05, 0) is 43.5 Å². The van der Waals surface area contributed by atoms with Crippen LogP contribution in [-0.2, 0) is 25.5 Å². The van der Waals surface area contributed by atoms with E-state index in [1.807, 2.05) is 42.5 Å². The summed E-state index contributed by atoms with van der Waals surface area (Å²) >= 11 is 0. The minimum absolute atomic E-state index is 0.176. The van der Waals surface area contributed by atoms with Gasteiger partial charge in [0.25, 0.3) is 0 Å². The number of hydrogen-bond acceptors (Lipinski definition) is 5. The lowest BCUT2D eigenvalue weighted by molar-refractivity contribution is -0.145. The van der Waals surface area contributed by atoms with Gasteiger partial charge < -0.3 is 20.1 Å². The number of alkyl carbamates (subject to hydrolysis) is 1. The molecule has 0 bridgehead atoms. The highest BCUT2D eigenvalue weighted by Crippen LogP contribution is 2.17. The number of carbonyl (C=O) groups excluding carboxylic acids is 3. The van der Waals surface area contributed by atoms with Gasteiger partial charge >= 0.3 is 12.1 Å². The van der Waals surface area contributed by atoms with Crippen molar-refractivity contribution in [3.8, 4) is 0 Å². The molecule has 0 saturated carbocycles. The van der Waals surface area contributed by atoms with Crippen LogP contribution >= 0.6 is 0 Å². The van der Waals surface area contributed by atoms with Crippen LogP contribution in [0.2, 0.25) is 0 Å². The molecule has 7 heteroatoms. The van der Waals surface area contributed by atoms with E-state index in [4.69, 9.17) is 9.47 Å². The van der Waals surface area contributed by atoms with Crippen molar-refractivity contribution >= 4 is 28.7 Å². The second kappa shape index (κ2) is 10.6. The monoisotopic (exact) mass is 426 g/mol. The van der Waals surface area contributed by atoms with Gasteiger partial charge in [0.15, 0.2) is 0 Å². The quantitative estimate of drug-likeness (QED) is 0.498. The highest BCUT2D eigenvalue weighted by Gasteiger charge is 2.28. The van der Waals surface area contributed by atoms with Gasteiger partial charge in [-0.1, -0.05) is 48.5 Å². The van der Waals surface area contributed by atoms with Crippen molar-refractivity contribution in [1.29, 1.82) is 0 Å². The number of fused-ring (bicyclic) bond motifs is 1. The number of carbonyl (C=O) groups is 3. The Morgan fingerprint density at radius 2 is 1.71 bits per heavy atom. The zero-order chi connectivity index (χ0) is 23.0. The smallest absolute Gasteiger partial charge is 0.408 e. The van der Waals surface area contributed by atoms with E-state index >= 15 is 0 Å². The number of hydrogen-bond donors (Lipinski definition) is 2. The Balaban J connectivity index is 2.14. The molecule has 2 atom stereocenters. The summed E-state index contributed by atoms with van der Waals surface area (Å²) in [5, 5.41) is 7.33. The van der Waals surface area contributed by atoms with Crippen LogP contribution in [0.25, 0.3) is 10.8 Å². The van der Waals surface area contributed by atoms with E-state index < -0.39 is 35.7 Å². The van der Waals surface area contributed by atoms with Crippen LogP contribution in [0.5, 0.6) is 0 Å². The number of amides is 2. The first-order valence-electron chi connectivity index (χ1n) is 10.1. The number of rotatable bonds is 8. The van der Waals surface area contributed by atoms with Gasteiger partial charge in [0.1, 0.15) is 17.7 Å². The Morgan fingerprint density at radius 3 is 2.32 bits per heavy atom. The molecule has 166 valence electrons. The molecule has 31 heavy (non-hydrogen) atoms. The summed E-state index contributed by atoms with van der Waals surface area (Å²) in [4.78, 5) is 37.3. The summed E-state index contributed by atoms with van der Waals surface area (Å²) in [6, 6.07) is 11.9. The Labute approximate surface area is 182 Å². The Hall–Kier alpha value is -3.35. The third kappa shape index (κ3) is 7.44. The second-order valence-electron chi connectivity index (χ2n) is 8.19. The lowest BCUT2D eigenvalue weighted by Gasteiger charge is -2.24. The highest BCUT2D eigenvalue weighted by atomic mass is 16.6. The number of ether oxygens (including phenoxy) is 2. The van der Waals surface area contributed by atoms with Crippen LogP contribution < -0.4 is 10.6 Å². The first-order valence-corrected chi connectivity index (χ1v) is 10.1. The molecule has 0 spiro atoms. The fourth-order valence-electron chi connectivity index (χ4n) is 3.06. The van der Waals surface area contributed by atoms with Gasteiger partial charge in [-0.25, -0.2) is 9.59 Å². The summed E-state index contributed by atoms with van der Waals surface area (Å²) in [6.45, 7) is 8.81. The zero-order valence-corrected chi connectivity index (χ0v) is 18.4. The molecule has 0 aliphatic heterocycles. The van der Waals surface area contributed by atoms with E-state index in [-0.39, 0.29) is 12.8 Å². The second-order valence-corrected chi connectivity index (χ2v) is 8.19. The SMILES string of the molecule is C=CCC(NC(=O)OC(C)(C)C)C(=O)N[C@@H](Cc1ccc2ccccc2c1)C(=O)OC. The number of nitrogens with one attached hydrogen (secondary N) is 2. The molecule has 2 amide bonds. The normalized spacial score (nSPS) is 13.0. The Morgan fingerprint density at radius 1 is 1.03 bits per heavy atom. The van der Waals surface area contributed by atoms with Crippen LogP contribution in [0.4, 0.5) is 4.79 Å². The van der Waals surface area contributed by atoms with Gasteiger partial charge in [0.05, 0.1) is 7.11 Å². The Bertz CT molecular complexity index is 948. The standard InChI is InChI=1S/C24H30N2O5/c1-6-9-19(26-23(29)31-24(2,3)4)21(27)25-20(22(28)30-5)15-16-12-13-17-10-7-8-11-18(17)14-16/h6-8,10-14,19-20H,1,9,15H2,2-5H3,(H,25,27)(H,26,29)/t19?,20-/m0/s1. The van der Waals surface area contributed by atoms with Crippen molar-refractivity contribution < 1.29 is 23.9 Å². The predicted molar refractivity (Wildman–Crippen MR) is 120 cm³/mol.